The van der Waals surface area contributed by atoms with Gasteiger partial charge in [0.25, 0.3) is 0 Å². The summed E-state index contributed by atoms with van der Waals surface area (Å²) in [5.74, 6) is -2.39. The zero-order valence-electron chi connectivity index (χ0n) is 18.0. The summed E-state index contributed by atoms with van der Waals surface area (Å²) < 4.78 is 7.90. The van der Waals surface area contributed by atoms with Crippen molar-refractivity contribution in [1.29, 1.82) is 0 Å². The van der Waals surface area contributed by atoms with Gasteiger partial charge in [-0.2, -0.15) is 0 Å². The second-order valence-electron chi connectivity index (χ2n) is 8.66. The Morgan fingerprint density at radius 2 is 2.12 bits per heavy atom. The van der Waals surface area contributed by atoms with Gasteiger partial charge >= 0.3 is 0 Å². The lowest BCUT2D eigenvalue weighted by Gasteiger charge is -2.34. The van der Waals surface area contributed by atoms with Crippen molar-refractivity contribution in [3.8, 4) is 0 Å². The molecule has 3 N–H and O–H groups in total. The molecule has 3 unspecified atom stereocenters. The number of benzene rings is 1. The molecule has 3 aliphatic heterocycles. The minimum absolute atomic E-state index is 0.0681. The normalized spacial score (nSPS) is 32.4. The minimum atomic E-state index is -1.11. The third-order valence-corrected chi connectivity index (χ3v) is 7.81. The molecule has 5 rings (SSSR count). The van der Waals surface area contributed by atoms with Gasteiger partial charge in [0.1, 0.15) is 23.8 Å². The summed E-state index contributed by atoms with van der Waals surface area (Å²) >= 11 is 3.60. The number of nitrogens with one attached hydrogen (secondary N) is 2. The van der Waals surface area contributed by atoms with Crippen LogP contribution in [0, 0.1) is 11.8 Å². The summed E-state index contributed by atoms with van der Waals surface area (Å²) in [4.78, 5) is 41.1. The number of rotatable bonds is 7. The quantitative estimate of drug-likeness (QED) is 0.413. The SMILES string of the molecule is CNC(=O)[C@H]1[C@H]2C(=O)N(CCCO)C(C(=O)NCn3nnc4ccccc43)C23CC(Br)[C@@H]1O3. The van der Waals surface area contributed by atoms with Crippen molar-refractivity contribution < 1.29 is 24.2 Å². The molecular weight excluding hydrogens is 496 g/mol. The van der Waals surface area contributed by atoms with Crippen LogP contribution in [0.4, 0.5) is 0 Å². The van der Waals surface area contributed by atoms with Crippen LogP contribution in [0.25, 0.3) is 11.0 Å². The van der Waals surface area contributed by atoms with Crippen LogP contribution in [0.2, 0.25) is 0 Å². The monoisotopic (exact) mass is 520 g/mol. The number of aromatic nitrogens is 3. The largest absolute Gasteiger partial charge is 0.396 e. The molecule has 33 heavy (non-hydrogen) atoms. The number of alkyl halides is 1. The Hall–Kier alpha value is -2.57. The molecule has 2 aromatic rings. The van der Waals surface area contributed by atoms with Crippen LogP contribution in [-0.2, 0) is 25.8 Å². The predicted molar refractivity (Wildman–Crippen MR) is 119 cm³/mol. The Balaban J connectivity index is 1.45. The molecule has 4 heterocycles. The first-order valence-corrected chi connectivity index (χ1v) is 11.8. The van der Waals surface area contributed by atoms with E-state index in [2.05, 4.69) is 36.9 Å². The standard InChI is InChI=1S/C21H25BrN6O5/c1-23-18(30)14-15-20(32)27(7-4-8-29)17(21(15)9-11(22)16(14)33-21)19(31)24-10-28-13-6-3-2-5-12(13)25-26-28/h2-3,5-6,11,14-17,29H,4,7-10H2,1H3,(H,23,30)(H,24,31)/t11?,14-,15-,16-,17?,21?/m0/s1. The van der Waals surface area contributed by atoms with E-state index in [1.54, 1.807) is 4.68 Å². The van der Waals surface area contributed by atoms with Gasteiger partial charge in [-0.05, 0) is 25.0 Å². The maximum atomic E-state index is 13.5. The van der Waals surface area contributed by atoms with E-state index in [9.17, 15) is 19.5 Å². The van der Waals surface area contributed by atoms with Gasteiger partial charge in [-0.1, -0.05) is 33.3 Å². The molecule has 1 spiro atoms. The summed E-state index contributed by atoms with van der Waals surface area (Å²) in [5, 5.41) is 23.1. The molecule has 0 saturated carbocycles. The molecule has 2 bridgehead atoms. The predicted octanol–water partition coefficient (Wildman–Crippen LogP) is -0.619. The number of nitrogens with zero attached hydrogens (tertiary/aromatic N) is 4. The molecule has 3 amide bonds. The molecule has 0 aliphatic carbocycles. The molecule has 11 nitrogen and oxygen atoms in total. The number of para-hydroxylation sites is 1. The van der Waals surface area contributed by atoms with Crippen LogP contribution < -0.4 is 10.6 Å². The summed E-state index contributed by atoms with van der Waals surface area (Å²) in [6.45, 7) is 0.141. The van der Waals surface area contributed by atoms with Crippen LogP contribution in [0.1, 0.15) is 12.8 Å². The Labute approximate surface area is 197 Å². The molecule has 12 heteroatoms. The van der Waals surface area contributed by atoms with Crippen molar-refractivity contribution in [2.24, 2.45) is 11.8 Å². The number of halogens is 1. The highest BCUT2D eigenvalue weighted by Crippen LogP contribution is 2.59. The van der Waals surface area contributed by atoms with Crippen molar-refractivity contribution >= 4 is 44.7 Å². The third-order valence-electron chi connectivity index (χ3n) is 6.97. The molecule has 3 saturated heterocycles. The molecule has 176 valence electrons. The first kappa shape index (κ1) is 22.2. The number of amides is 3. The molecule has 1 aromatic carbocycles. The average molecular weight is 521 g/mol. The average Bonchev–Trinajstić information content (AvgIpc) is 3.53. The van der Waals surface area contributed by atoms with E-state index in [-0.39, 0.29) is 42.4 Å². The van der Waals surface area contributed by atoms with Crippen molar-refractivity contribution in [2.75, 3.05) is 20.2 Å². The van der Waals surface area contributed by atoms with Gasteiger partial charge in [0.05, 0.1) is 23.5 Å². The molecule has 0 radical (unpaired) electrons. The zero-order chi connectivity index (χ0) is 23.3. The summed E-state index contributed by atoms with van der Waals surface area (Å²) in [6, 6.07) is 6.48. The van der Waals surface area contributed by atoms with Crippen LogP contribution >= 0.6 is 15.9 Å². The molecular formula is C21H25BrN6O5. The van der Waals surface area contributed by atoms with Crippen LogP contribution in [-0.4, -0.2) is 85.5 Å². The summed E-state index contributed by atoms with van der Waals surface area (Å²) in [6.07, 6.45) is 0.257. The number of likely N-dealkylation sites (tertiary alicyclic amines) is 1. The number of ether oxygens (including phenoxy) is 1. The van der Waals surface area contributed by atoms with Gasteiger partial charge in [-0.15, -0.1) is 5.10 Å². The third kappa shape index (κ3) is 3.26. The van der Waals surface area contributed by atoms with Gasteiger partial charge < -0.3 is 25.4 Å². The first-order chi connectivity index (χ1) is 15.9. The number of aliphatic hydroxyl groups excluding tert-OH is 1. The van der Waals surface area contributed by atoms with Gasteiger partial charge in [-0.25, -0.2) is 4.68 Å². The van der Waals surface area contributed by atoms with Gasteiger partial charge in [0.15, 0.2) is 0 Å². The van der Waals surface area contributed by atoms with E-state index in [4.69, 9.17) is 4.74 Å². The second-order valence-corrected chi connectivity index (χ2v) is 9.84. The Morgan fingerprint density at radius 3 is 2.88 bits per heavy atom. The highest BCUT2D eigenvalue weighted by molar-refractivity contribution is 9.09. The van der Waals surface area contributed by atoms with E-state index >= 15 is 0 Å². The molecule has 1 aromatic heterocycles. The topological polar surface area (TPSA) is 139 Å². The van der Waals surface area contributed by atoms with Crippen molar-refractivity contribution in [3.05, 3.63) is 24.3 Å². The number of aliphatic hydroxyl groups is 1. The lowest BCUT2D eigenvalue weighted by molar-refractivity contribution is -0.142. The fourth-order valence-corrected chi connectivity index (χ4v) is 6.60. The molecule has 3 aliphatic rings. The minimum Gasteiger partial charge on any atom is -0.396 e. The van der Waals surface area contributed by atoms with Crippen molar-refractivity contribution in [2.45, 2.75) is 42.1 Å². The zero-order valence-corrected chi connectivity index (χ0v) is 19.6. The lowest BCUT2D eigenvalue weighted by Crippen LogP contribution is -2.56. The number of hydrogen-bond acceptors (Lipinski definition) is 7. The number of carbonyl (C=O) groups excluding carboxylic acids is 3. The smallest absolute Gasteiger partial charge is 0.247 e. The maximum absolute atomic E-state index is 13.5. The fourth-order valence-electron chi connectivity index (χ4n) is 5.66. The highest BCUT2D eigenvalue weighted by Gasteiger charge is 2.76. The van der Waals surface area contributed by atoms with E-state index < -0.39 is 29.6 Å². The van der Waals surface area contributed by atoms with Gasteiger partial charge in [-0.3, -0.25) is 14.4 Å². The Bertz CT molecular complexity index is 1110. The highest BCUT2D eigenvalue weighted by atomic mass is 79.9. The van der Waals surface area contributed by atoms with Crippen LogP contribution in [0.5, 0.6) is 0 Å². The van der Waals surface area contributed by atoms with Crippen LogP contribution in [0.15, 0.2) is 24.3 Å². The first-order valence-electron chi connectivity index (χ1n) is 10.9. The lowest BCUT2D eigenvalue weighted by atomic mass is 9.70. The van der Waals surface area contributed by atoms with E-state index in [1.165, 1.54) is 11.9 Å². The van der Waals surface area contributed by atoms with Crippen molar-refractivity contribution in [1.82, 2.24) is 30.5 Å². The number of fused-ring (bicyclic) bond motifs is 2. The number of carbonyl (C=O) groups is 3. The van der Waals surface area contributed by atoms with E-state index in [0.717, 1.165) is 5.52 Å². The number of hydrogen-bond donors (Lipinski definition) is 3. The second kappa shape index (κ2) is 8.33. The van der Waals surface area contributed by atoms with Gasteiger partial charge in [0, 0.05) is 25.0 Å². The molecule has 3 fully saturated rings. The van der Waals surface area contributed by atoms with Crippen molar-refractivity contribution in [3.63, 3.8) is 0 Å². The summed E-state index contributed by atoms with van der Waals surface area (Å²) in [5.41, 5.74) is 0.364. The van der Waals surface area contributed by atoms with E-state index in [0.29, 0.717) is 18.4 Å². The van der Waals surface area contributed by atoms with Gasteiger partial charge in [0.2, 0.25) is 17.7 Å². The van der Waals surface area contributed by atoms with E-state index in [1.807, 2.05) is 24.3 Å². The fraction of sp³-hybridized carbons (Fsp3) is 0.571. The summed E-state index contributed by atoms with van der Waals surface area (Å²) in [7, 11) is 1.53. The van der Waals surface area contributed by atoms with Crippen LogP contribution in [0.3, 0.4) is 0 Å². The molecule has 6 atom stereocenters. The Kier molecular flexibility index (Phi) is 5.61. The maximum Gasteiger partial charge on any atom is 0.247 e. The Morgan fingerprint density at radius 1 is 1.33 bits per heavy atom.